The van der Waals surface area contributed by atoms with Crippen molar-refractivity contribution in [2.45, 2.75) is 32.9 Å². The van der Waals surface area contributed by atoms with E-state index in [2.05, 4.69) is 42.2 Å². The topological polar surface area (TPSA) is 47.9 Å². The fourth-order valence-corrected chi connectivity index (χ4v) is 1.92. The number of phenols is 1. The Bertz CT molecular complexity index is 477. The van der Waals surface area contributed by atoms with Gasteiger partial charge in [-0.1, -0.05) is 12.1 Å². The second kappa shape index (κ2) is 5.78. The van der Waals surface area contributed by atoms with Gasteiger partial charge in [0.1, 0.15) is 18.3 Å². The van der Waals surface area contributed by atoms with E-state index in [9.17, 15) is 5.11 Å². The maximum Gasteiger partial charge on any atom is 0.124 e. The summed E-state index contributed by atoms with van der Waals surface area (Å²) in [5.74, 6) is 1.19. The third-order valence-corrected chi connectivity index (χ3v) is 3.25. The average Bonchev–Trinajstić information content (AvgIpc) is 2.40. The van der Waals surface area contributed by atoms with Crippen molar-refractivity contribution in [1.29, 1.82) is 0 Å². The van der Waals surface area contributed by atoms with Crippen molar-refractivity contribution >= 4 is 5.84 Å². The first-order valence-corrected chi connectivity index (χ1v) is 6.60. The maximum absolute atomic E-state index is 9.28. The van der Waals surface area contributed by atoms with Crippen LogP contribution in [0.15, 0.2) is 41.5 Å². The molecule has 102 valence electrons. The molecule has 0 saturated carbocycles. The van der Waals surface area contributed by atoms with E-state index in [1.165, 1.54) is 0 Å². The molecule has 1 aromatic carbocycles. The van der Waals surface area contributed by atoms with Gasteiger partial charge in [0.05, 0.1) is 0 Å². The predicted molar refractivity (Wildman–Crippen MR) is 78.1 cm³/mol. The molecule has 4 heteroatoms. The Hall–Kier alpha value is -1.97. The summed E-state index contributed by atoms with van der Waals surface area (Å²) in [6, 6.07) is 7.87. The van der Waals surface area contributed by atoms with Gasteiger partial charge in [-0.2, -0.15) is 0 Å². The third-order valence-electron chi connectivity index (χ3n) is 3.25. The van der Waals surface area contributed by atoms with E-state index in [-0.39, 0.29) is 6.04 Å². The molecule has 0 bridgehead atoms. The van der Waals surface area contributed by atoms with Crippen LogP contribution in [0.5, 0.6) is 5.75 Å². The summed E-state index contributed by atoms with van der Waals surface area (Å²) in [6.45, 7) is 7.07. The largest absolute Gasteiger partial charge is 0.508 e. The molecule has 2 rings (SSSR count). The van der Waals surface area contributed by atoms with Crippen molar-refractivity contribution in [3.8, 4) is 5.75 Å². The molecule has 0 radical (unpaired) electrons. The van der Waals surface area contributed by atoms with Gasteiger partial charge in [-0.25, -0.2) is 4.99 Å². The van der Waals surface area contributed by atoms with Gasteiger partial charge in [-0.3, -0.25) is 0 Å². The first kappa shape index (κ1) is 13.5. The molecule has 0 amide bonds. The molecular formula is C15H21N3O. The maximum atomic E-state index is 9.28. The first-order chi connectivity index (χ1) is 9.06. The number of phenolic OH excluding ortho intramolecular Hbond substituents is 1. The highest BCUT2D eigenvalue weighted by Crippen LogP contribution is 2.16. The number of rotatable bonds is 3. The van der Waals surface area contributed by atoms with Crippen LogP contribution in [-0.2, 0) is 0 Å². The number of hydrogen-bond acceptors (Lipinski definition) is 4. The summed E-state index contributed by atoms with van der Waals surface area (Å²) < 4.78 is 0. The van der Waals surface area contributed by atoms with Crippen molar-refractivity contribution in [1.82, 2.24) is 10.2 Å². The first-order valence-electron chi connectivity index (χ1n) is 6.60. The molecule has 0 aromatic heterocycles. The lowest BCUT2D eigenvalue weighted by molar-refractivity contribution is 0.317. The van der Waals surface area contributed by atoms with E-state index < -0.39 is 0 Å². The lowest BCUT2D eigenvalue weighted by atomic mass is 10.1. The van der Waals surface area contributed by atoms with Gasteiger partial charge in [0.2, 0.25) is 0 Å². The van der Waals surface area contributed by atoms with Crippen molar-refractivity contribution in [3.63, 3.8) is 0 Å². The predicted octanol–water partition coefficient (Wildman–Crippen LogP) is 2.64. The second-order valence-electron chi connectivity index (χ2n) is 5.07. The number of aromatic hydroxyl groups is 1. The van der Waals surface area contributed by atoms with E-state index in [0.717, 1.165) is 11.4 Å². The van der Waals surface area contributed by atoms with Gasteiger partial charge in [-0.05, 0) is 44.5 Å². The highest BCUT2D eigenvalue weighted by atomic mass is 16.3. The molecule has 1 atom stereocenters. The highest BCUT2D eigenvalue weighted by molar-refractivity contribution is 5.93. The van der Waals surface area contributed by atoms with Gasteiger partial charge in [-0.15, -0.1) is 0 Å². The van der Waals surface area contributed by atoms with Crippen LogP contribution in [0.1, 0.15) is 32.4 Å². The Morgan fingerprint density at radius 3 is 2.42 bits per heavy atom. The highest BCUT2D eigenvalue weighted by Gasteiger charge is 2.11. The number of hydrogen-bond donors (Lipinski definition) is 2. The Balaban J connectivity index is 1.95. The van der Waals surface area contributed by atoms with Crippen LogP contribution in [-0.4, -0.2) is 28.6 Å². The molecule has 19 heavy (non-hydrogen) atoms. The molecule has 4 nitrogen and oxygen atoms in total. The van der Waals surface area contributed by atoms with Crippen LogP contribution in [0.3, 0.4) is 0 Å². The molecule has 1 heterocycles. The summed E-state index contributed by atoms with van der Waals surface area (Å²) in [7, 11) is 0. The fourth-order valence-electron chi connectivity index (χ4n) is 1.92. The van der Waals surface area contributed by atoms with Crippen molar-refractivity contribution in [2.24, 2.45) is 4.99 Å². The number of benzene rings is 1. The average molecular weight is 259 g/mol. The molecule has 2 N–H and O–H groups in total. The minimum Gasteiger partial charge on any atom is -0.508 e. The van der Waals surface area contributed by atoms with Gasteiger partial charge in [0.25, 0.3) is 0 Å². The lowest BCUT2D eigenvalue weighted by Gasteiger charge is -2.27. The molecular weight excluding hydrogens is 238 g/mol. The molecule has 1 aliphatic heterocycles. The van der Waals surface area contributed by atoms with Gasteiger partial charge < -0.3 is 15.3 Å². The van der Waals surface area contributed by atoms with Crippen LogP contribution in [0, 0.1) is 0 Å². The van der Waals surface area contributed by atoms with Gasteiger partial charge in [0.15, 0.2) is 0 Å². The number of amidine groups is 1. The van der Waals surface area contributed by atoms with Crippen molar-refractivity contribution in [2.75, 3.05) is 6.67 Å². The van der Waals surface area contributed by atoms with E-state index in [0.29, 0.717) is 18.5 Å². The minimum atomic E-state index is 0.162. The van der Waals surface area contributed by atoms with Crippen LogP contribution < -0.4 is 5.32 Å². The minimum absolute atomic E-state index is 0.162. The van der Waals surface area contributed by atoms with E-state index in [1.54, 1.807) is 12.1 Å². The zero-order chi connectivity index (χ0) is 13.8. The van der Waals surface area contributed by atoms with E-state index >= 15 is 0 Å². The van der Waals surface area contributed by atoms with Crippen LogP contribution in [0.25, 0.3) is 0 Å². The zero-order valence-electron chi connectivity index (χ0n) is 11.7. The lowest BCUT2D eigenvalue weighted by Crippen LogP contribution is -2.33. The Morgan fingerprint density at radius 2 is 1.89 bits per heavy atom. The molecule has 1 aromatic rings. The standard InChI is InChI=1S/C15H21N3O/c1-11(2)18-9-8-15(16-10-18)17-12(3)13-4-6-14(19)7-5-13/h4-9,11-12,19H,10H2,1-3H3,(H,16,17). The van der Waals surface area contributed by atoms with Gasteiger partial charge in [0, 0.05) is 18.3 Å². The molecule has 0 aliphatic carbocycles. The number of nitrogens with one attached hydrogen (secondary N) is 1. The number of aliphatic imine (C=N–C) groups is 1. The zero-order valence-corrected chi connectivity index (χ0v) is 11.7. The van der Waals surface area contributed by atoms with Crippen molar-refractivity contribution < 1.29 is 5.11 Å². The summed E-state index contributed by atoms with van der Waals surface area (Å²) >= 11 is 0. The quantitative estimate of drug-likeness (QED) is 0.877. The van der Waals surface area contributed by atoms with E-state index in [1.807, 2.05) is 18.2 Å². The monoisotopic (exact) mass is 259 g/mol. The van der Waals surface area contributed by atoms with Crippen LogP contribution in [0.2, 0.25) is 0 Å². The Morgan fingerprint density at radius 1 is 1.21 bits per heavy atom. The summed E-state index contributed by atoms with van der Waals surface area (Å²) in [4.78, 5) is 6.69. The van der Waals surface area contributed by atoms with Gasteiger partial charge >= 0.3 is 0 Å². The summed E-state index contributed by atoms with van der Waals surface area (Å²) in [6.07, 6.45) is 4.07. The summed E-state index contributed by atoms with van der Waals surface area (Å²) in [5.41, 5.74) is 1.13. The molecule has 0 spiro atoms. The van der Waals surface area contributed by atoms with E-state index in [4.69, 9.17) is 0 Å². The molecule has 0 fully saturated rings. The fraction of sp³-hybridized carbons (Fsp3) is 0.400. The van der Waals surface area contributed by atoms with Crippen LogP contribution >= 0.6 is 0 Å². The smallest absolute Gasteiger partial charge is 0.124 e. The molecule has 1 unspecified atom stereocenters. The SMILES string of the molecule is CC(NC1=NCN(C(C)C)C=C1)c1ccc(O)cc1. The Kier molecular flexibility index (Phi) is 4.10. The number of nitrogens with zero attached hydrogens (tertiary/aromatic N) is 2. The van der Waals surface area contributed by atoms with Crippen molar-refractivity contribution in [3.05, 3.63) is 42.1 Å². The summed E-state index contributed by atoms with van der Waals surface area (Å²) in [5, 5.41) is 12.6. The molecule has 1 aliphatic rings. The molecule has 0 saturated heterocycles. The van der Waals surface area contributed by atoms with Crippen LogP contribution in [0.4, 0.5) is 0 Å². The Labute approximate surface area is 114 Å². The normalized spacial score (nSPS) is 16.4. The third kappa shape index (κ3) is 3.50. The second-order valence-corrected chi connectivity index (χ2v) is 5.07.